The van der Waals surface area contributed by atoms with Crippen molar-refractivity contribution in [1.29, 1.82) is 0 Å². The minimum atomic E-state index is -0.973. The highest BCUT2D eigenvalue weighted by molar-refractivity contribution is 5.95. The fraction of sp³-hybridized carbons (Fsp3) is 0.273. The number of esters is 1. The standard InChI is InChI=1S/C11H12O4/c1-8(2)14-11(13)15-10(12)9-6-4-3-5-7-9/h3-8H,1-2H3. The summed E-state index contributed by atoms with van der Waals surface area (Å²) < 4.78 is 9.11. The van der Waals surface area contributed by atoms with Gasteiger partial charge in [-0.1, -0.05) is 18.2 Å². The molecule has 0 aromatic heterocycles. The van der Waals surface area contributed by atoms with Gasteiger partial charge in [0.15, 0.2) is 0 Å². The first-order valence-electron chi connectivity index (χ1n) is 4.57. The Morgan fingerprint density at radius 1 is 1.13 bits per heavy atom. The van der Waals surface area contributed by atoms with Crippen molar-refractivity contribution in [3.63, 3.8) is 0 Å². The maximum atomic E-state index is 11.3. The van der Waals surface area contributed by atoms with Gasteiger partial charge in [0.1, 0.15) is 0 Å². The van der Waals surface area contributed by atoms with E-state index in [4.69, 9.17) is 0 Å². The average molecular weight is 208 g/mol. The van der Waals surface area contributed by atoms with Crippen molar-refractivity contribution in [3.8, 4) is 0 Å². The summed E-state index contributed by atoms with van der Waals surface area (Å²) in [7, 11) is 0. The van der Waals surface area contributed by atoms with Gasteiger partial charge in [-0.2, -0.15) is 0 Å². The van der Waals surface area contributed by atoms with Crippen LogP contribution in [0, 0.1) is 0 Å². The number of ether oxygens (including phenoxy) is 2. The van der Waals surface area contributed by atoms with Gasteiger partial charge in [-0.25, -0.2) is 9.59 Å². The summed E-state index contributed by atoms with van der Waals surface area (Å²) in [6.45, 7) is 3.35. The van der Waals surface area contributed by atoms with Crippen LogP contribution in [0.3, 0.4) is 0 Å². The Labute approximate surface area is 87.8 Å². The van der Waals surface area contributed by atoms with E-state index in [0.29, 0.717) is 5.56 Å². The quantitative estimate of drug-likeness (QED) is 0.553. The molecular weight excluding hydrogens is 196 g/mol. The van der Waals surface area contributed by atoms with Crippen LogP contribution in [0.1, 0.15) is 24.2 Å². The Hall–Kier alpha value is -1.84. The van der Waals surface area contributed by atoms with E-state index in [-0.39, 0.29) is 6.10 Å². The summed E-state index contributed by atoms with van der Waals surface area (Å²) in [6.07, 6.45) is -1.28. The van der Waals surface area contributed by atoms with Gasteiger partial charge >= 0.3 is 12.1 Å². The zero-order valence-electron chi connectivity index (χ0n) is 8.60. The summed E-state index contributed by atoms with van der Waals surface area (Å²) in [5.41, 5.74) is 0.318. The normalized spacial score (nSPS) is 9.80. The SMILES string of the molecule is CC(C)OC(=O)OC(=O)c1ccccc1. The van der Waals surface area contributed by atoms with E-state index in [1.165, 1.54) is 0 Å². The van der Waals surface area contributed by atoms with Crippen molar-refractivity contribution < 1.29 is 19.1 Å². The fourth-order valence-electron chi connectivity index (χ4n) is 0.925. The molecule has 0 unspecified atom stereocenters. The molecule has 0 amide bonds. The molecule has 0 spiro atoms. The molecule has 0 aliphatic heterocycles. The predicted molar refractivity (Wildman–Crippen MR) is 53.5 cm³/mol. The minimum absolute atomic E-state index is 0.305. The summed E-state index contributed by atoms with van der Waals surface area (Å²) in [6, 6.07) is 8.26. The van der Waals surface area contributed by atoms with Crippen LogP contribution in [0.4, 0.5) is 4.79 Å². The molecule has 0 N–H and O–H groups in total. The molecule has 80 valence electrons. The van der Waals surface area contributed by atoms with Gasteiger partial charge in [-0.05, 0) is 26.0 Å². The minimum Gasteiger partial charge on any atom is -0.431 e. The lowest BCUT2D eigenvalue weighted by Crippen LogP contribution is -2.17. The highest BCUT2D eigenvalue weighted by Crippen LogP contribution is 2.02. The molecule has 0 bridgehead atoms. The molecule has 0 aliphatic carbocycles. The summed E-state index contributed by atoms with van der Waals surface area (Å²) in [5.74, 6) is -0.707. The zero-order valence-corrected chi connectivity index (χ0v) is 8.60. The van der Waals surface area contributed by atoms with Crippen LogP contribution in [0.25, 0.3) is 0 Å². The molecule has 1 aromatic carbocycles. The van der Waals surface area contributed by atoms with Crippen LogP contribution >= 0.6 is 0 Å². The highest BCUT2D eigenvalue weighted by atomic mass is 16.7. The molecule has 0 fully saturated rings. The highest BCUT2D eigenvalue weighted by Gasteiger charge is 2.14. The third kappa shape index (κ3) is 3.81. The number of benzene rings is 1. The summed E-state index contributed by atoms with van der Waals surface area (Å²) >= 11 is 0. The Bertz CT molecular complexity index is 343. The van der Waals surface area contributed by atoms with E-state index >= 15 is 0 Å². The van der Waals surface area contributed by atoms with Gasteiger partial charge in [-0.15, -0.1) is 0 Å². The van der Waals surface area contributed by atoms with Crippen molar-refractivity contribution >= 4 is 12.1 Å². The Balaban J connectivity index is 2.53. The van der Waals surface area contributed by atoms with Crippen molar-refractivity contribution in [2.45, 2.75) is 20.0 Å². The number of hydrogen-bond acceptors (Lipinski definition) is 4. The lowest BCUT2D eigenvalue weighted by atomic mass is 10.2. The first kappa shape index (κ1) is 11.2. The topological polar surface area (TPSA) is 52.6 Å². The second kappa shape index (κ2) is 5.14. The second-order valence-electron chi connectivity index (χ2n) is 3.17. The van der Waals surface area contributed by atoms with E-state index in [0.717, 1.165) is 0 Å². The lowest BCUT2D eigenvalue weighted by Gasteiger charge is -2.06. The van der Waals surface area contributed by atoms with Crippen LogP contribution in [-0.4, -0.2) is 18.2 Å². The average Bonchev–Trinajstić information content (AvgIpc) is 2.17. The summed E-state index contributed by atoms with van der Waals surface area (Å²) in [5, 5.41) is 0. The Morgan fingerprint density at radius 2 is 1.73 bits per heavy atom. The smallest absolute Gasteiger partial charge is 0.431 e. The van der Waals surface area contributed by atoms with E-state index in [9.17, 15) is 9.59 Å². The van der Waals surface area contributed by atoms with Crippen LogP contribution < -0.4 is 0 Å². The van der Waals surface area contributed by atoms with E-state index in [1.807, 2.05) is 0 Å². The maximum Gasteiger partial charge on any atom is 0.516 e. The number of carbonyl (C=O) groups is 2. The largest absolute Gasteiger partial charge is 0.516 e. The molecule has 0 aliphatic rings. The maximum absolute atomic E-state index is 11.3. The zero-order chi connectivity index (χ0) is 11.3. The molecule has 1 aromatic rings. The third-order valence-electron chi connectivity index (χ3n) is 1.52. The van der Waals surface area contributed by atoms with Crippen LogP contribution in [0.2, 0.25) is 0 Å². The molecule has 0 atom stereocenters. The number of rotatable bonds is 2. The third-order valence-corrected chi connectivity index (χ3v) is 1.52. The van der Waals surface area contributed by atoms with Crippen molar-refractivity contribution in [3.05, 3.63) is 35.9 Å². The molecule has 15 heavy (non-hydrogen) atoms. The van der Waals surface area contributed by atoms with Gasteiger partial charge in [-0.3, -0.25) is 0 Å². The van der Waals surface area contributed by atoms with Gasteiger partial charge < -0.3 is 9.47 Å². The van der Waals surface area contributed by atoms with Gasteiger partial charge in [0, 0.05) is 0 Å². The Kier molecular flexibility index (Phi) is 3.85. The second-order valence-corrected chi connectivity index (χ2v) is 3.17. The Morgan fingerprint density at radius 3 is 2.27 bits per heavy atom. The number of carbonyl (C=O) groups excluding carboxylic acids is 2. The molecule has 0 radical (unpaired) electrons. The van der Waals surface area contributed by atoms with Crippen molar-refractivity contribution in [2.24, 2.45) is 0 Å². The molecule has 4 heteroatoms. The van der Waals surface area contributed by atoms with Crippen LogP contribution in [0.15, 0.2) is 30.3 Å². The molecule has 0 heterocycles. The molecular formula is C11H12O4. The van der Waals surface area contributed by atoms with Gasteiger partial charge in [0.2, 0.25) is 0 Å². The van der Waals surface area contributed by atoms with E-state index in [2.05, 4.69) is 9.47 Å². The van der Waals surface area contributed by atoms with E-state index < -0.39 is 12.1 Å². The number of hydrogen-bond donors (Lipinski definition) is 0. The van der Waals surface area contributed by atoms with E-state index in [1.54, 1.807) is 44.2 Å². The molecule has 0 saturated carbocycles. The van der Waals surface area contributed by atoms with Gasteiger partial charge in [0.05, 0.1) is 11.7 Å². The van der Waals surface area contributed by atoms with Crippen LogP contribution in [0.5, 0.6) is 0 Å². The van der Waals surface area contributed by atoms with Gasteiger partial charge in [0.25, 0.3) is 0 Å². The first-order valence-corrected chi connectivity index (χ1v) is 4.57. The molecule has 0 saturated heterocycles. The summed E-state index contributed by atoms with van der Waals surface area (Å²) in [4.78, 5) is 22.3. The fourth-order valence-corrected chi connectivity index (χ4v) is 0.925. The first-order chi connectivity index (χ1) is 7.09. The molecule has 1 rings (SSSR count). The van der Waals surface area contributed by atoms with Crippen molar-refractivity contribution in [2.75, 3.05) is 0 Å². The monoisotopic (exact) mass is 208 g/mol. The lowest BCUT2D eigenvalue weighted by molar-refractivity contribution is 0.0283. The van der Waals surface area contributed by atoms with Crippen LogP contribution in [-0.2, 0) is 9.47 Å². The molecule has 4 nitrogen and oxygen atoms in total. The van der Waals surface area contributed by atoms with Crippen molar-refractivity contribution in [1.82, 2.24) is 0 Å². The predicted octanol–water partition coefficient (Wildman–Crippen LogP) is 2.39.